The zero-order valence-corrected chi connectivity index (χ0v) is 17.2. The van der Waals surface area contributed by atoms with E-state index in [1.54, 1.807) is 13.8 Å². The molecular weight excluding hydrogens is 401 g/mol. The Morgan fingerprint density at radius 1 is 1.17 bits per heavy atom. The summed E-state index contributed by atoms with van der Waals surface area (Å²) in [4.78, 5) is 24.2. The van der Waals surface area contributed by atoms with Gasteiger partial charge in [0.25, 0.3) is 0 Å². The first kappa shape index (κ1) is 23.8. The summed E-state index contributed by atoms with van der Waals surface area (Å²) >= 11 is 0. The van der Waals surface area contributed by atoms with Crippen molar-refractivity contribution >= 4 is 17.6 Å². The summed E-state index contributed by atoms with van der Waals surface area (Å²) in [7, 11) is 0. The van der Waals surface area contributed by atoms with Crippen molar-refractivity contribution in [1.29, 1.82) is 0 Å². The zero-order chi connectivity index (χ0) is 22.3. The molecule has 1 aliphatic carbocycles. The van der Waals surface area contributed by atoms with Gasteiger partial charge in [0.05, 0.1) is 5.92 Å². The summed E-state index contributed by atoms with van der Waals surface area (Å²) < 4.78 is 40.4. The van der Waals surface area contributed by atoms with Crippen LogP contribution in [0.1, 0.15) is 46.0 Å². The number of ether oxygens (including phenoxy) is 1. The summed E-state index contributed by atoms with van der Waals surface area (Å²) in [6.45, 7) is 3.74. The van der Waals surface area contributed by atoms with Crippen LogP contribution >= 0.6 is 0 Å². The SMILES string of the molecule is C[C@@H](CNc1ccc(OC(F)(F)F)cc1)NC(=O)[C@H](C)[C@@H](CC1CCCC1)C(=O)O. The largest absolute Gasteiger partial charge is 0.573 e. The molecule has 1 aromatic carbocycles. The average Bonchev–Trinajstić information content (AvgIpc) is 3.17. The number of anilines is 1. The third-order valence-electron chi connectivity index (χ3n) is 5.49. The molecule has 0 aliphatic heterocycles. The predicted molar refractivity (Wildman–Crippen MR) is 106 cm³/mol. The molecule has 1 saturated carbocycles. The minimum absolute atomic E-state index is 0.299. The fourth-order valence-electron chi connectivity index (χ4n) is 3.78. The molecule has 168 valence electrons. The van der Waals surface area contributed by atoms with Crippen LogP contribution < -0.4 is 15.4 Å². The van der Waals surface area contributed by atoms with E-state index in [1.807, 2.05) is 0 Å². The van der Waals surface area contributed by atoms with Gasteiger partial charge < -0.3 is 20.5 Å². The Labute approximate surface area is 174 Å². The van der Waals surface area contributed by atoms with Gasteiger partial charge in [-0.05, 0) is 43.5 Å². The summed E-state index contributed by atoms with van der Waals surface area (Å²) in [6.07, 6.45) is 0.0442. The molecule has 1 aliphatic rings. The molecule has 0 aromatic heterocycles. The number of aliphatic carboxylic acids is 1. The van der Waals surface area contributed by atoms with E-state index in [0.29, 0.717) is 24.6 Å². The summed E-state index contributed by atoms with van der Waals surface area (Å²) in [6, 6.07) is 4.98. The minimum Gasteiger partial charge on any atom is -0.481 e. The molecular formula is C21H29F3N2O4. The van der Waals surface area contributed by atoms with Gasteiger partial charge >= 0.3 is 12.3 Å². The van der Waals surface area contributed by atoms with Gasteiger partial charge in [0, 0.05) is 24.2 Å². The van der Waals surface area contributed by atoms with Crippen molar-refractivity contribution in [1.82, 2.24) is 5.32 Å². The fraction of sp³-hybridized carbons (Fsp3) is 0.619. The average molecular weight is 430 g/mol. The lowest BCUT2D eigenvalue weighted by Crippen LogP contribution is -2.43. The molecule has 0 bridgehead atoms. The highest BCUT2D eigenvalue weighted by atomic mass is 19.4. The maximum absolute atomic E-state index is 12.5. The van der Waals surface area contributed by atoms with Gasteiger partial charge in [0.15, 0.2) is 0 Å². The highest BCUT2D eigenvalue weighted by Crippen LogP contribution is 2.33. The summed E-state index contributed by atoms with van der Waals surface area (Å²) in [5, 5.41) is 15.4. The van der Waals surface area contributed by atoms with E-state index in [4.69, 9.17) is 0 Å². The second-order valence-electron chi connectivity index (χ2n) is 7.98. The molecule has 0 spiro atoms. The molecule has 3 atom stereocenters. The lowest BCUT2D eigenvalue weighted by Gasteiger charge is -2.24. The molecule has 0 unspecified atom stereocenters. The smallest absolute Gasteiger partial charge is 0.481 e. The van der Waals surface area contributed by atoms with Crippen molar-refractivity contribution in [2.45, 2.75) is 58.4 Å². The predicted octanol–water partition coefficient (Wildman–Crippen LogP) is 4.42. The van der Waals surface area contributed by atoms with Crippen molar-refractivity contribution in [2.24, 2.45) is 17.8 Å². The number of carbonyl (C=O) groups is 2. The number of nitrogens with one attached hydrogen (secondary N) is 2. The van der Waals surface area contributed by atoms with Crippen LogP contribution in [-0.4, -0.2) is 35.9 Å². The summed E-state index contributed by atoms with van der Waals surface area (Å²) in [5.41, 5.74) is 0.573. The molecule has 30 heavy (non-hydrogen) atoms. The first-order valence-electron chi connectivity index (χ1n) is 10.2. The Morgan fingerprint density at radius 2 is 1.77 bits per heavy atom. The number of carbonyl (C=O) groups excluding carboxylic acids is 1. The molecule has 6 nitrogen and oxygen atoms in total. The van der Waals surface area contributed by atoms with Gasteiger partial charge in [-0.1, -0.05) is 32.6 Å². The first-order chi connectivity index (χ1) is 14.0. The molecule has 9 heteroatoms. The normalized spacial score (nSPS) is 17.8. The Balaban J connectivity index is 1.81. The highest BCUT2D eigenvalue weighted by Gasteiger charge is 2.33. The third kappa shape index (κ3) is 7.76. The van der Waals surface area contributed by atoms with Crippen LogP contribution in [-0.2, 0) is 9.59 Å². The van der Waals surface area contributed by atoms with Crippen LogP contribution in [0.15, 0.2) is 24.3 Å². The van der Waals surface area contributed by atoms with Crippen LogP contribution in [0.5, 0.6) is 5.75 Å². The molecule has 0 radical (unpaired) electrons. The van der Waals surface area contributed by atoms with Crippen LogP contribution in [0.2, 0.25) is 0 Å². The van der Waals surface area contributed by atoms with Crippen molar-refractivity contribution < 1.29 is 32.6 Å². The number of hydrogen-bond acceptors (Lipinski definition) is 4. The Kier molecular flexibility index (Phi) is 8.37. The van der Waals surface area contributed by atoms with E-state index in [-0.39, 0.29) is 17.7 Å². The van der Waals surface area contributed by atoms with Crippen molar-refractivity contribution in [3.05, 3.63) is 24.3 Å². The lowest BCUT2D eigenvalue weighted by molar-refractivity contribution is -0.274. The Hall–Kier alpha value is -2.45. The summed E-state index contributed by atoms with van der Waals surface area (Å²) in [5.74, 6) is -2.58. The number of hydrogen-bond donors (Lipinski definition) is 3. The Bertz CT molecular complexity index is 703. The maximum atomic E-state index is 12.5. The van der Waals surface area contributed by atoms with Crippen molar-refractivity contribution in [3.63, 3.8) is 0 Å². The van der Waals surface area contributed by atoms with E-state index in [0.717, 1.165) is 25.7 Å². The quantitative estimate of drug-likeness (QED) is 0.512. The van der Waals surface area contributed by atoms with Gasteiger partial charge in [0.1, 0.15) is 5.75 Å². The number of alkyl halides is 3. The molecule has 0 saturated heterocycles. The topological polar surface area (TPSA) is 87.7 Å². The maximum Gasteiger partial charge on any atom is 0.573 e. The fourth-order valence-corrected chi connectivity index (χ4v) is 3.78. The van der Waals surface area contributed by atoms with Crippen LogP contribution in [0.25, 0.3) is 0 Å². The van der Waals surface area contributed by atoms with Crippen LogP contribution in [0, 0.1) is 17.8 Å². The van der Waals surface area contributed by atoms with Gasteiger partial charge in [-0.15, -0.1) is 13.2 Å². The first-order valence-corrected chi connectivity index (χ1v) is 10.2. The number of rotatable bonds is 10. The molecule has 1 fully saturated rings. The number of carboxylic acids is 1. The highest BCUT2D eigenvalue weighted by molar-refractivity contribution is 5.84. The van der Waals surface area contributed by atoms with Gasteiger partial charge in [-0.25, -0.2) is 0 Å². The van der Waals surface area contributed by atoms with Gasteiger partial charge in [-0.3, -0.25) is 9.59 Å². The second kappa shape index (κ2) is 10.5. The number of carboxylic acid groups (broad SMARTS) is 1. The number of halogens is 3. The van der Waals surface area contributed by atoms with E-state index in [1.165, 1.54) is 24.3 Å². The third-order valence-corrected chi connectivity index (χ3v) is 5.49. The van der Waals surface area contributed by atoms with Gasteiger partial charge in [-0.2, -0.15) is 0 Å². The second-order valence-corrected chi connectivity index (χ2v) is 7.98. The standard InChI is InChI=1S/C21H29F3N2O4/c1-13(12-25-16-7-9-17(10-8-16)30-21(22,23)24)26-19(27)14(2)18(20(28)29)11-15-5-3-4-6-15/h7-10,13-15,18,25H,3-6,11-12H2,1-2H3,(H,26,27)(H,28,29)/t13-,14+,18+/m0/s1. The Morgan fingerprint density at radius 3 is 2.30 bits per heavy atom. The van der Waals surface area contributed by atoms with E-state index < -0.39 is 24.2 Å². The van der Waals surface area contributed by atoms with Crippen LogP contribution in [0.3, 0.4) is 0 Å². The molecule has 1 aromatic rings. The lowest BCUT2D eigenvalue weighted by atomic mass is 9.84. The number of benzene rings is 1. The number of amides is 1. The molecule has 1 amide bonds. The zero-order valence-electron chi connectivity index (χ0n) is 17.2. The van der Waals surface area contributed by atoms with Crippen molar-refractivity contribution in [2.75, 3.05) is 11.9 Å². The monoisotopic (exact) mass is 430 g/mol. The van der Waals surface area contributed by atoms with E-state index in [2.05, 4.69) is 15.4 Å². The van der Waals surface area contributed by atoms with Crippen molar-refractivity contribution in [3.8, 4) is 5.75 Å². The van der Waals surface area contributed by atoms with Crippen LogP contribution in [0.4, 0.5) is 18.9 Å². The molecule has 3 N–H and O–H groups in total. The van der Waals surface area contributed by atoms with E-state index >= 15 is 0 Å². The molecule has 0 heterocycles. The minimum atomic E-state index is -4.74. The van der Waals surface area contributed by atoms with Gasteiger partial charge in [0.2, 0.25) is 5.91 Å². The molecule has 2 rings (SSSR count). The van der Waals surface area contributed by atoms with E-state index in [9.17, 15) is 27.9 Å².